The highest BCUT2D eigenvalue weighted by Crippen LogP contribution is 2.29. The molecule has 0 spiro atoms. The second-order valence-electron chi connectivity index (χ2n) is 7.90. The fourth-order valence-corrected chi connectivity index (χ4v) is 4.26. The largest absolute Gasteiger partial charge is 0.342 e. The van der Waals surface area contributed by atoms with Gasteiger partial charge >= 0.3 is 0 Å². The number of aromatic amines is 1. The summed E-state index contributed by atoms with van der Waals surface area (Å²) in [6, 6.07) is 14.0. The molecule has 6 heteroatoms. The number of aromatic nitrogens is 3. The number of rotatable bonds is 4. The Labute approximate surface area is 173 Å². The van der Waals surface area contributed by atoms with Crippen molar-refractivity contribution in [1.82, 2.24) is 19.9 Å². The van der Waals surface area contributed by atoms with Gasteiger partial charge in [-0.3, -0.25) is 9.88 Å². The number of imidazole rings is 1. The SMILES string of the molecule is Fc1ccc(CN2CCCC(c3nc4ccc(-c5ccncc5)cc4[nH]3)C2)c(F)c1. The summed E-state index contributed by atoms with van der Waals surface area (Å²) in [5.74, 6) is 0.214. The van der Waals surface area contributed by atoms with Gasteiger partial charge in [-0.05, 0) is 60.8 Å². The van der Waals surface area contributed by atoms with Crippen molar-refractivity contribution in [2.45, 2.75) is 25.3 Å². The molecule has 0 saturated carbocycles. The predicted octanol–water partition coefficient (Wildman–Crippen LogP) is 5.28. The predicted molar refractivity (Wildman–Crippen MR) is 113 cm³/mol. The van der Waals surface area contributed by atoms with Gasteiger partial charge in [-0.15, -0.1) is 0 Å². The summed E-state index contributed by atoms with van der Waals surface area (Å²) >= 11 is 0. The Balaban J connectivity index is 1.35. The quantitative estimate of drug-likeness (QED) is 0.503. The van der Waals surface area contributed by atoms with Gasteiger partial charge in [-0.1, -0.05) is 12.1 Å². The molecule has 0 radical (unpaired) electrons. The Morgan fingerprint density at radius 3 is 2.70 bits per heavy atom. The first-order valence-corrected chi connectivity index (χ1v) is 10.2. The molecule has 1 aliphatic rings. The number of nitrogens with zero attached hydrogens (tertiary/aromatic N) is 3. The van der Waals surface area contributed by atoms with Crippen LogP contribution in [0.2, 0.25) is 0 Å². The number of nitrogens with one attached hydrogen (secondary N) is 1. The molecule has 4 aromatic rings. The van der Waals surface area contributed by atoms with Crippen LogP contribution in [0.1, 0.15) is 30.1 Å². The number of hydrogen-bond acceptors (Lipinski definition) is 3. The third-order valence-corrected chi connectivity index (χ3v) is 5.82. The molecule has 30 heavy (non-hydrogen) atoms. The van der Waals surface area contributed by atoms with Crippen molar-refractivity contribution >= 4 is 11.0 Å². The highest BCUT2D eigenvalue weighted by Gasteiger charge is 2.24. The third kappa shape index (κ3) is 3.83. The minimum absolute atomic E-state index is 0.263. The molecule has 1 aliphatic heterocycles. The number of hydrogen-bond donors (Lipinski definition) is 1. The lowest BCUT2D eigenvalue weighted by atomic mass is 9.97. The van der Waals surface area contributed by atoms with E-state index in [0.717, 1.165) is 60.0 Å². The highest BCUT2D eigenvalue weighted by molar-refractivity contribution is 5.82. The number of pyridine rings is 1. The molecule has 2 aromatic carbocycles. The fourth-order valence-electron chi connectivity index (χ4n) is 4.26. The zero-order valence-electron chi connectivity index (χ0n) is 16.5. The van der Waals surface area contributed by atoms with Gasteiger partial charge in [-0.25, -0.2) is 13.8 Å². The van der Waals surface area contributed by atoms with Crippen LogP contribution in [0.15, 0.2) is 60.9 Å². The maximum absolute atomic E-state index is 14.1. The summed E-state index contributed by atoms with van der Waals surface area (Å²) in [7, 11) is 0. The van der Waals surface area contributed by atoms with E-state index in [1.54, 1.807) is 12.4 Å². The Kier molecular flexibility index (Phi) is 5.01. The van der Waals surface area contributed by atoms with Gasteiger partial charge < -0.3 is 4.98 Å². The zero-order valence-corrected chi connectivity index (χ0v) is 16.5. The first-order chi connectivity index (χ1) is 14.7. The maximum atomic E-state index is 14.1. The van der Waals surface area contributed by atoms with Crippen molar-refractivity contribution < 1.29 is 8.78 Å². The summed E-state index contributed by atoms with van der Waals surface area (Å²) in [6.07, 6.45) is 5.64. The van der Waals surface area contributed by atoms with E-state index in [9.17, 15) is 8.78 Å². The van der Waals surface area contributed by atoms with Crippen molar-refractivity contribution in [3.05, 3.63) is 83.9 Å². The minimum Gasteiger partial charge on any atom is -0.342 e. The molecule has 5 rings (SSSR count). The highest BCUT2D eigenvalue weighted by atomic mass is 19.1. The van der Waals surface area contributed by atoms with Crippen LogP contribution >= 0.6 is 0 Å². The van der Waals surface area contributed by atoms with Crippen LogP contribution < -0.4 is 0 Å². The standard InChI is InChI=1S/C24H22F2N4/c25-20-5-3-18(21(26)13-20)14-30-11-1-2-19(15-30)24-28-22-6-4-17(12-23(22)29-24)16-7-9-27-10-8-16/h3-10,12-13,19H,1-2,11,14-15H2,(H,28,29). The molecule has 1 atom stereocenters. The van der Waals surface area contributed by atoms with E-state index in [1.807, 2.05) is 18.2 Å². The van der Waals surface area contributed by atoms with Gasteiger partial charge in [0, 0.05) is 43.0 Å². The first-order valence-electron chi connectivity index (χ1n) is 10.2. The molecule has 152 valence electrons. The third-order valence-electron chi connectivity index (χ3n) is 5.82. The fraction of sp³-hybridized carbons (Fsp3) is 0.250. The number of fused-ring (bicyclic) bond motifs is 1. The Morgan fingerprint density at radius 2 is 1.87 bits per heavy atom. The van der Waals surface area contributed by atoms with Gasteiger partial charge in [0.15, 0.2) is 0 Å². The number of likely N-dealkylation sites (tertiary alicyclic amines) is 1. The Morgan fingerprint density at radius 1 is 1.00 bits per heavy atom. The second-order valence-corrected chi connectivity index (χ2v) is 7.90. The zero-order chi connectivity index (χ0) is 20.5. The smallest absolute Gasteiger partial charge is 0.130 e. The molecular weight excluding hydrogens is 382 g/mol. The topological polar surface area (TPSA) is 44.8 Å². The van der Waals surface area contributed by atoms with Crippen molar-refractivity contribution in [3.63, 3.8) is 0 Å². The molecular formula is C24H22F2N4. The number of benzene rings is 2. The van der Waals surface area contributed by atoms with Crippen molar-refractivity contribution in [2.24, 2.45) is 0 Å². The average molecular weight is 404 g/mol. The molecule has 1 fully saturated rings. The monoisotopic (exact) mass is 404 g/mol. The molecule has 3 heterocycles. The van der Waals surface area contributed by atoms with Gasteiger partial charge in [0.05, 0.1) is 11.0 Å². The van der Waals surface area contributed by atoms with E-state index < -0.39 is 11.6 Å². The molecule has 2 aromatic heterocycles. The molecule has 0 aliphatic carbocycles. The van der Waals surface area contributed by atoms with Crippen LogP contribution in [0, 0.1) is 11.6 Å². The summed E-state index contributed by atoms with van der Waals surface area (Å²) in [6.45, 7) is 2.18. The van der Waals surface area contributed by atoms with Crippen LogP contribution in [-0.2, 0) is 6.54 Å². The maximum Gasteiger partial charge on any atom is 0.130 e. The normalized spacial score (nSPS) is 17.5. The number of H-pyrrole nitrogens is 1. The first kappa shape index (κ1) is 18.9. The molecule has 1 unspecified atom stereocenters. The Bertz CT molecular complexity index is 1170. The number of piperidine rings is 1. The number of halogens is 2. The molecule has 1 saturated heterocycles. The lowest BCUT2D eigenvalue weighted by molar-refractivity contribution is 0.195. The van der Waals surface area contributed by atoms with E-state index in [0.29, 0.717) is 12.1 Å². The van der Waals surface area contributed by atoms with Crippen LogP contribution in [0.25, 0.3) is 22.2 Å². The van der Waals surface area contributed by atoms with Crippen LogP contribution in [0.5, 0.6) is 0 Å². The Hall–Kier alpha value is -3.12. The minimum atomic E-state index is -0.541. The van der Waals surface area contributed by atoms with E-state index in [4.69, 9.17) is 4.98 Å². The lowest BCUT2D eigenvalue weighted by Crippen LogP contribution is -2.34. The van der Waals surface area contributed by atoms with Crippen molar-refractivity contribution in [3.8, 4) is 11.1 Å². The van der Waals surface area contributed by atoms with Gasteiger partial charge in [0.1, 0.15) is 17.5 Å². The molecule has 4 nitrogen and oxygen atoms in total. The van der Waals surface area contributed by atoms with E-state index in [1.165, 1.54) is 12.1 Å². The molecule has 1 N–H and O–H groups in total. The van der Waals surface area contributed by atoms with Gasteiger partial charge in [0.25, 0.3) is 0 Å². The van der Waals surface area contributed by atoms with Crippen molar-refractivity contribution in [1.29, 1.82) is 0 Å². The summed E-state index contributed by atoms with van der Waals surface area (Å²) in [5, 5.41) is 0. The van der Waals surface area contributed by atoms with Crippen LogP contribution in [0.3, 0.4) is 0 Å². The molecule has 0 amide bonds. The average Bonchev–Trinajstić information content (AvgIpc) is 3.20. The van der Waals surface area contributed by atoms with Crippen LogP contribution in [0.4, 0.5) is 8.78 Å². The van der Waals surface area contributed by atoms with Crippen molar-refractivity contribution in [2.75, 3.05) is 13.1 Å². The second kappa shape index (κ2) is 7.95. The summed E-state index contributed by atoms with van der Waals surface area (Å²) in [5.41, 5.74) is 4.74. The van der Waals surface area contributed by atoms with E-state index in [-0.39, 0.29) is 5.92 Å². The van der Waals surface area contributed by atoms with Gasteiger partial charge in [-0.2, -0.15) is 0 Å². The summed E-state index contributed by atoms with van der Waals surface area (Å²) < 4.78 is 27.2. The van der Waals surface area contributed by atoms with Gasteiger partial charge in [0.2, 0.25) is 0 Å². The van der Waals surface area contributed by atoms with Crippen LogP contribution in [-0.4, -0.2) is 32.9 Å². The molecule has 0 bridgehead atoms. The lowest BCUT2D eigenvalue weighted by Gasteiger charge is -2.31. The van der Waals surface area contributed by atoms with E-state index in [2.05, 4.69) is 27.0 Å². The van der Waals surface area contributed by atoms with E-state index >= 15 is 0 Å². The summed E-state index contributed by atoms with van der Waals surface area (Å²) in [4.78, 5) is 14.6.